The largest absolute Gasteiger partial charge is 0.453 e. The average molecular weight is 402 g/mol. The minimum Gasteiger partial charge on any atom is -0.453 e. The van der Waals surface area contributed by atoms with Crippen LogP contribution in [0.15, 0.2) is 49.7 Å². The number of esters is 1. The van der Waals surface area contributed by atoms with E-state index in [-0.39, 0.29) is 17.3 Å². The van der Waals surface area contributed by atoms with Crippen LogP contribution in [0.4, 0.5) is 0 Å². The lowest BCUT2D eigenvalue weighted by molar-refractivity contribution is -0.472. The lowest BCUT2D eigenvalue weighted by Gasteiger charge is -2.42. The quantitative estimate of drug-likeness (QED) is 0.171. The number of carbonyl (C=O) groups is 1. The number of carbonyl (C=O) groups excluding carboxylic acids is 1. The summed E-state index contributed by atoms with van der Waals surface area (Å²) >= 11 is 0. The summed E-state index contributed by atoms with van der Waals surface area (Å²) in [5.41, 5.74) is 0. The third-order valence-electron chi connectivity index (χ3n) is 3.08. The Morgan fingerprint density at radius 2 is 1.43 bits per heavy atom. The topological polar surface area (TPSA) is 111 Å². The van der Waals surface area contributed by atoms with Gasteiger partial charge in [0.05, 0.1) is 6.61 Å². The van der Waals surface area contributed by atoms with Crippen LogP contribution in [0.25, 0.3) is 0 Å². The van der Waals surface area contributed by atoms with Gasteiger partial charge in [0.1, 0.15) is 23.4 Å². The number of allylic oxidation sites excluding steroid dienone is 3. The molecule has 1 heterocycles. The van der Waals surface area contributed by atoms with E-state index in [9.17, 15) is 9.90 Å². The first-order valence-corrected chi connectivity index (χ1v) is 8.25. The van der Waals surface area contributed by atoms with Crippen molar-refractivity contribution >= 4 is 5.97 Å². The SMILES string of the molecule is C=CC(=O)OC1C(CO)OC(OOC(=C)C)C(OOC(=C)C)C1OOC(=C)C. The molecule has 0 radical (unpaired) electrons. The van der Waals surface area contributed by atoms with Gasteiger partial charge in [-0.05, 0) is 20.8 Å². The normalized spacial score (nSPS) is 26.6. The van der Waals surface area contributed by atoms with E-state index in [1.807, 2.05) is 0 Å². The van der Waals surface area contributed by atoms with E-state index in [2.05, 4.69) is 26.3 Å². The molecule has 1 rings (SSSR count). The van der Waals surface area contributed by atoms with Gasteiger partial charge in [0, 0.05) is 6.08 Å². The Labute approximate surface area is 163 Å². The van der Waals surface area contributed by atoms with Crippen molar-refractivity contribution < 1.29 is 48.7 Å². The molecule has 28 heavy (non-hydrogen) atoms. The highest BCUT2D eigenvalue weighted by Crippen LogP contribution is 2.30. The molecule has 0 aromatic rings. The second-order valence-corrected chi connectivity index (χ2v) is 5.91. The van der Waals surface area contributed by atoms with Crippen molar-refractivity contribution in [1.29, 1.82) is 0 Å². The van der Waals surface area contributed by atoms with Crippen LogP contribution in [-0.4, -0.2) is 48.4 Å². The number of aliphatic hydroxyl groups excluding tert-OH is 1. The Hall–Kier alpha value is -2.37. The molecular weight excluding hydrogens is 376 g/mol. The summed E-state index contributed by atoms with van der Waals surface area (Å²) in [5.74, 6) is -0.146. The molecule has 10 nitrogen and oxygen atoms in total. The monoisotopic (exact) mass is 402 g/mol. The zero-order chi connectivity index (χ0) is 21.3. The smallest absolute Gasteiger partial charge is 0.330 e. The zero-order valence-electron chi connectivity index (χ0n) is 16.1. The predicted molar refractivity (Wildman–Crippen MR) is 94.4 cm³/mol. The van der Waals surface area contributed by atoms with Crippen molar-refractivity contribution in [2.75, 3.05) is 6.61 Å². The molecule has 0 bridgehead atoms. The molecule has 1 saturated heterocycles. The fourth-order valence-corrected chi connectivity index (χ4v) is 2.04. The summed E-state index contributed by atoms with van der Waals surface area (Å²) in [6.45, 7) is 18.0. The van der Waals surface area contributed by atoms with Crippen LogP contribution in [0.3, 0.4) is 0 Å². The minimum absolute atomic E-state index is 0.205. The van der Waals surface area contributed by atoms with Crippen molar-refractivity contribution in [3.63, 3.8) is 0 Å². The van der Waals surface area contributed by atoms with Crippen molar-refractivity contribution in [1.82, 2.24) is 0 Å². The zero-order valence-corrected chi connectivity index (χ0v) is 16.1. The molecule has 158 valence electrons. The number of ether oxygens (including phenoxy) is 2. The minimum atomic E-state index is -1.29. The van der Waals surface area contributed by atoms with Crippen LogP contribution < -0.4 is 0 Å². The van der Waals surface area contributed by atoms with Gasteiger partial charge in [0.25, 0.3) is 0 Å². The number of rotatable bonds is 12. The summed E-state index contributed by atoms with van der Waals surface area (Å²) < 4.78 is 10.8. The highest BCUT2D eigenvalue weighted by atomic mass is 17.3. The first-order valence-electron chi connectivity index (χ1n) is 8.25. The lowest BCUT2D eigenvalue weighted by atomic mass is 9.99. The van der Waals surface area contributed by atoms with Crippen LogP contribution >= 0.6 is 0 Å². The molecule has 10 heteroatoms. The molecule has 0 aromatic carbocycles. The summed E-state index contributed by atoms with van der Waals surface area (Å²) in [4.78, 5) is 42.4. The van der Waals surface area contributed by atoms with E-state index >= 15 is 0 Å². The molecule has 0 amide bonds. The summed E-state index contributed by atoms with van der Waals surface area (Å²) in [6.07, 6.45) is -5.00. The molecule has 1 N–H and O–H groups in total. The maximum Gasteiger partial charge on any atom is 0.330 e. The van der Waals surface area contributed by atoms with Gasteiger partial charge in [-0.2, -0.15) is 14.7 Å². The summed E-state index contributed by atoms with van der Waals surface area (Å²) in [5, 5.41) is 9.69. The first-order chi connectivity index (χ1) is 13.2. The van der Waals surface area contributed by atoms with Gasteiger partial charge in [-0.3, -0.25) is 0 Å². The maximum atomic E-state index is 11.7. The maximum absolute atomic E-state index is 11.7. The molecule has 0 aromatic heterocycles. The molecule has 0 spiro atoms. The van der Waals surface area contributed by atoms with Crippen molar-refractivity contribution in [2.45, 2.75) is 51.5 Å². The second kappa shape index (κ2) is 11.5. The fourth-order valence-electron chi connectivity index (χ4n) is 2.04. The number of hydrogen-bond acceptors (Lipinski definition) is 10. The van der Waals surface area contributed by atoms with E-state index in [1.54, 1.807) is 6.92 Å². The van der Waals surface area contributed by atoms with Crippen LogP contribution in [0.5, 0.6) is 0 Å². The van der Waals surface area contributed by atoms with Gasteiger partial charge >= 0.3 is 5.97 Å². The number of aliphatic hydroxyl groups is 1. The van der Waals surface area contributed by atoms with Gasteiger partial charge < -0.3 is 29.2 Å². The van der Waals surface area contributed by atoms with Crippen LogP contribution in [0, 0.1) is 0 Å². The van der Waals surface area contributed by atoms with E-state index in [0.717, 1.165) is 6.08 Å². The van der Waals surface area contributed by atoms with Gasteiger partial charge in [-0.25, -0.2) is 4.79 Å². The van der Waals surface area contributed by atoms with Gasteiger partial charge in [-0.1, -0.05) is 26.3 Å². The van der Waals surface area contributed by atoms with Crippen molar-refractivity contribution in [3.8, 4) is 0 Å². The van der Waals surface area contributed by atoms with Gasteiger partial charge in [-0.15, -0.1) is 0 Å². The molecule has 5 unspecified atom stereocenters. The molecule has 0 saturated carbocycles. The molecule has 1 aliphatic rings. The summed E-state index contributed by atoms with van der Waals surface area (Å²) in [6, 6.07) is 0. The highest BCUT2D eigenvalue weighted by Gasteiger charge is 2.53. The Balaban J connectivity index is 3.20. The third kappa shape index (κ3) is 7.33. The Bertz CT molecular complexity index is 587. The van der Waals surface area contributed by atoms with E-state index < -0.39 is 43.3 Å². The molecule has 1 aliphatic heterocycles. The van der Waals surface area contributed by atoms with Crippen LogP contribution in [0.1, 0.15) is 20.8 Å². The predicted octanol–water partition coefficient (Wildman–Crippen LogP) is 1.98. The fraction of sp³-hybridized carbons (Fsp3) is 0.500. The first kappa shape index (κ1) is 23.7. The molecule has 0 aliphatic carbocycles. The Kier molecular flexibility index (Phi) is 9.69. The molecule has 5 atom stereocenters. The Morgan fingerprint density at radius 1 is 0.929 bits per heavy atom. The average Bonchev–Trinajstić information content (AvgIpc) is 2.63. The molecule has 1 fully saturated rings. The highest BCUT2D eigenvalue weighted by molar-refractivity contribution is 5.81. The number of hydrogen-bond donors (Lipinski definition) is 1. The Morgan fingerprint density at radius 3 is 1.89 bits per heavy atom. The van der Waals surface area contributed by atoms with E-state index in [1.165, 1.54) is 13.8 Å². The van der Waals surface area contributed by atoms with Gasteiger partial charge in [0.2, 0.25) is 6.29 Å². The van der Waals surface area contributed by atoms with E-state index in [0.29, 0.717) is 0 Å². The van der Waals surface area contributed by atoms with Gasteiger partial charge in [0.15, 0.2) is 18.3 Å². The van der Waals surface area contributed by atoms with Crippen molar-refractivity contribution in [2.24, 2.45) is 0 Å². The van der Waals surface area contributed by atoms with Crippen LogP contribution in [0.2, 0.25) is 0 Å². The third-order valence-corrected chi connectivity index (χ3v) is 3.08. The second-order valence-electron chi connectivity index (χ2n) is 5.91. The van der Waals surface area contributed by atoms with Crippen LogP contribution in [-0.2, 0) is 43.6 Å². The summed E-state index contributed by atoms with van der Waals surface area (Å²) in [7, 11) is 0. The standard InChI is InChI=1S/C18H26O10/c1-8-14(20)22-15-13(9-19)21-18(28-25-12(6)7)17(27-24-11(4)5)16(15)26-23-10(2)3/h8,13,15-19H,1-2,4,6,9H2,3,5,7H3. The van der Waals surface area contributed by atoms with E-state index in [4.69, 9.17) is 38.8 Å². The van der Waals surface area contributed by atoms with Crippen molar-refractivity contribution in [3.05, 3.63) is 49.7 Å². The lowest BCUT2D eigenvalue weighted by Crippen LogP contribution is -2.62. The molecular formula is C18H26O10.